The SMILES string of the molecule is CC(C)(C(=O)Cc1cccnc1)c1ccc(N)cc1. The van der Waals surface area contributed by atoms with Crippen LogP contribution in [0.5, 0.6) is 0 Å². The van der Waals surface area contributed by atoms with Crippen molar-refractivity contribution in [2.75, 3.05) is 5.73 Å². The predicted octanol–water partition coefficient (Wildman–Crippen LogP) is 2.75. The van der Waals surface area contributed by atoms with Gasteiger partial charge >= 0.3 is 0 Å². The van der Waals surface area contributed by atoms with Gasteiger partial charge in [-0.1, -0.05) is 18.2 Å². The lowest BCUT2D eigenvalue weighted by Gasteiger charge is -2.24. The maximum Gasteiger partial charge on any atom is 0.147 e. The number of benzene rings is 1. The molecule has 0 saturated carbocycles. The summed E-state index contributed by atoms with van der Waals surface area (Å²) in [6, 6.07) is 11.2. The molecule has 1 aromatic carbocycles. The number of rotatable bonds is 4. The Morgan fingerprint density at radius 1 is 1.21 bits per heavy atom. The third kappa shape index (κ3) is 2.99. The molecule has 0 saturated heterocycles. The van der Waals surface area contributed by atoms with Crippen LogP contribution < -0.4 is 5.73 Å². The van der Waals surface area contributed by atoms with Crippen LogP contribution in [0, 0.1) is 0 Å². The van der Waals surface area contributed by atoms with Crippen LogP contribution in [0.3, 0.4) is 0 Å². The number of carbonyl (C=O) groups excluding carboxylic acids is 1. The van der Waals surface area contributed by atoms with Crippen LogP contribution in [0.2, 0.25) is 0 Å². The fourth-order valence-corrected chi connectivity index (χ4v) is 1.97. The molecule has 19 heavy (non-hydrogen) atoms. The number of pyridine rings is 1. The number of ketones is 1. The smallest absolute Gasteiger partial charge is 0.147 e. The molecule has 0 fully saturated rings. The maximum atomic E-state index is 12.5. The van der Waals surface area contributed by atoms with Gasteiger partial charge in [0.1, 0.15) is 5.78 Å². The van der Waals surface area contributed by atoms with Gasteiger partial charge in [-0.3, -0.25) is 9.78 Å². The molecule has 0 bridgehead atoms. The zero-order chi connectivity index (χ0) is 13.9. The van der Waals surface area contributed by atoms with Crippen molar-refractivity contribution in [3.05, 3.63) is 59.9 Å². The quantitative estimate of drug-likeness (QED) is 0.853. The topological polar surface area (TPSA) is 56.0 Å². The van der Waals surface area contributed by atoms with Crippen LogP contribution in [-0.2, 0) is 16.6 Å². The van der Waals surface area contributed by atoms with Crippen molar-refractivity contribution < 1.29 is 4.79 Å². The van der Waals surface area contributed by atoms with Crippen LogP contribution in [0.4, 0.5) is 5.69 Å². The van der Waals surface area contributed by atoms with Gasteiger partial charge in [0, 0.05) is 29.9 Å². The largest absolute Gasteiger partial charge is 0.399 e. The molecule has 0 spiro atoms. The molecule has 2 N–H and O–H groups in total. The van der Waals surface area contributed by atoms with Crippen molar-refractivity contribution in [2.45, 2.75) is 25.7 Å². The van der Waals surface area contributed by atoms with E-state index in [9.17, 15) is 4.79 Å². The molecule has 0 aliphatic heterocycles. The third-order valence-corrected chi connectivity index (χ3v) is 3.42. The van der Waals surface area contributed by atoms with Crippen molar-refractivity contribution in [3.63, 3.8) is 0 Å². The highest BCUT2D eigenvalue weighted by Gasteiger charge is 2.29. The molecule has 3 heteroatoms. The molecule has 2 rings (SSSR count). The fourth-order valence-electron chi connectivity index (χ4n) is 1.97. The second-order valence-electron chi connectivity index (χ2n) is 5.21. The first-order valence-electron chi connectivity index (χ1n) is 6.28. The highest BCUT2D eigenvalue weighted by Crippen LogP contribution is 2.26. The first-order valence-corrected chi connectivity index (χ1v) is 6.28. The number of Topliss-reactive ketones (excluding diaryl/α,β-unsaturated/α-hetero) is 1. The van der Waals surface area contributed by atoms with E-state index < -0.39 is 5.41 Å². The van der Waals surface area contributed by atoms with Crippen LogP contribution in [0.15, 0.2) is 48.8 Å². The summed E-state index contributed by atoms with van der Waals surface area (Å²) >= 11 is 0. The molecule has 98 valence electrons. The van der Waals surface area contributed by atoms with Gasteiger partial charge in [0.15, 0.2) is 0 Å². The van der Waals surface area contributed by atoms with E-state index >= 15 is 0 Å². The van der Waals surface area contributed by atoms with E-state index in [1.54, 1.807) is 12.4 Å². The van der Waals surface area contributed by atoms with Gasteiger partial charge < -0.3 is 5.73 Å². The number of anilines is 1. The average Bonchev–Trinajstić information content (AvgIpc) is 2.40. The number of hydrogen-bond acceptors (Lipinski definition) is 3. The molecule has 0 aliphatic carbocycles. The predicted molar refractivity (Wildman–Crippen MR) is 76.8 cm³/mol. The van der Waals surface area contributed by atoms with E-state index in [0.717, 1.165) is 11.1 Å². The summed E-state index contributed by atoms with van der Waals surface area (Å²) in [4.78, 5) is 16.5. The minimum Gasteiger partial charge on any atom is -0.399 e. The van der Waals surface area contributed by atoms with Gasteiger partial charge in [-0.25, -0.2) is 0 Å². The van der Waals surface area contributed by atoms with Crippen LogP contribution in [0.25, 0.3) is 0 Å². The van der Waals surface area contributed by atoms with Gasteiger partial charge in [0.2, 0.25) is 0 Å². The molecular formula is C16H18N2O. The normalized spacial score (nSPS) is 11.3. The lowest BCUT2D eigenvalue weighted by molar-refractivity contribution is -0.122. The van der Waals surface area contributed by atoms with Crippen molar-refractivity contribution in [1.29, 1.82) is 0 Å². The summed E-state index contributed by atoms with van der Waals surface area (Å²) < 4.78 is 0. The molecule has 1 heterocycles. The number of nitrogens with two attached hydrogens (primary N) is 1. The third-order valence-electron chi connectivity index (χ3n) is 3.42. The van der Waals surface area contributed by atoms with Gasteiger partial charge in [-0.2, -0.15) is 0 Å². The summed E-state index contributed by atoms with van der Waals surface area (Å²) in [6.45, 7) is 3.88. The van der Waals surface area contributed by atoms with Crippen molar-refractivity contribution >= 4 is 11.5 Å². The second-order valence-corrected chi connectivity index (χ2v) is 5.21. The maximum absolute atomic E-state index is 12.5. The number of carbonyl (C=O) groups is 1. The Morgan fingerprint density at radius 2 is 1.89 bits per heavy atom. The van der Waals surface area contributed by atoms with Gasteiger partial charge in [0.25, 0.3) is 0 Å². The average molecular weight is 254 g/mol. The van der Waals surface area contributed by atoms with E-state index in [4.69, 9.17) is 5.73 Å². The Bertz CT molecular complexity index is 559. The molecule has 0 unspecified atom stereocenters. The Balaban J connectivity index is 2.19. The van der Waals surface area contributed by atoms with Crippen molar-refractivity contribution in [2.24, 2.45) is 0 Å². The lowest BCUT2D eigenvalue weighted by atomic mass is 9.78. The number of nitrogen functional groups attached to an aromatic ring is 1. The summed E-state index contributed by atoms with van der Waals surface area (Å²) in [7, 11) is 0. The van der Waals surface area contributed by atoms with Crippen molar-refractivity contribution in [1.82, 2.24) is 4.98 Å². The number of aromatic nitrogens is 1. The molecule has 0 amide bonds. The highest BCUT2D eigenvalue weighted by molar-refractivity contribution is 5.91. The summed E-state index contributed by atoms with van der Waals surface area (Å²) in [5.41, 5.74) is 7.78. The lowest BCUT2D eigenvalue weighted by Crippen LogP contribution is -2.30. The summed E-state index contributed by atoms with van der Waals surface area (Å²) in [5.74, 6) is 0.172. The summed E-state index contributed by atoms with van der Waals surface area (Å²) in [5, 5.41) is 0. The molecule has 2 aromatic rings. The first-order chi connectivity index (χ1) is 9.00. The standard InChI is InChI=1S/C16H18N2O/c1-16(2,13-5-7-14(17)8-6-13)15(19)10-12-4-3-9-18-11-12/h3-9,11H,10,17H2,1-2H3. The van der Waals surface area contributed by atoms with Crippen LogP contribution in [-0.4, -0.2) is 10.8 Å². The van der Waals surface area contributed by atoms with Crippen molar-refractivity contribution in [3.8, 4) is 0 Å². The molecule has 0 radical (unpaired) electrons. The Morgan fingerprint density at radius 3 is 2.47 bits per heavy atom. The number of nitrogens with zero attached hydrogens (tertiary/aromatic N) is 1. The van der Waals surface area contributed by atoms with E-state index in [-0.39, 0.29) is 5.78 Å². The van der Waals surface area contributed by atoms with E-state index in [1.165, 1.54) is 0 Å². The van der Waals surface area contributed by atoms with Gasteiger partial charge in [-0.15, -0.1) is 0 Å². The minimum absolute atomic E-state index is 0.172. The van der Waals surface area contributed by atoms with E-state index in [2.05, 4.69) is 4.98 Å². The molecule has 0 atom stereocenters. The first kappa shape index (κ1) is 13.3. The highest BCUT2D eigenvalue weighted by atomic mass is 16.1. The molecule has 1 aromatic heterocycles. The van der Waals surface area contributed by atoms with Crippen LogP contribution >= 0.6 is 0 Å². The van der Waals surface area contributed by atoms with E-state index in [0.29, 0.717) is 12.1 Å². The molecular weight excluding hydrogens is 236 g/mol. The van der Waals surface area contributed by atoms with Gasteiger partial charge in [0.05, 0.1) is 0 Å². The fraction of sp³-hybridized carbons (Fsp3) is 0.250. The van der Waals surface area contributed by atoms with Gasteiger partial charge in [-0.05, 0) is 43.2 Å². The zero-order valence-electron chi connectivity index (χ0n) is 11.3. The minimum atomic E-state index is -0.524. The number of hydrogen-bond donors (Lipinski definition) is 1. The second kappa shape index (κ2) is 5.22. The molecule has 3 nitrogen and oxygen atoms in total. The monoisotopic (exact) mass is 254 g/mol. The van der Waals surface area contributed by atoms with Crippen LogP contribution in [0.1, 0.15) is 25.0 Å². The Kier molecular flexibility index (Phi) is 3.65. The summed E-state index contributed by atoms with van der Waals surface area (Å²) in [6.07, 6.45) is 3.83. The zero-order valence-corrected chi connectivity index (χ0v) is 11.3. The van der Waals surface area contributed by atoms with E-state index in [1.807, 2.05) is 50.2 Å². The molecule has 0 aliphatic rings. The Labute approximate surface area is 113 Å². The Hall–Kier alpha value is -2.16.